The lowest BCUT2D eigenvalue weighted by molar-refractivity contribution is 0.0398. The van der Waals surface area contributed by atoms with E-state index in [9.17, 15) is 4.79 Å². The van der Waals surface area contributed by atoms with Crippen LogP contribution in [-0.2, 0) is 4.74 Å². The second kappa shape index (κ2) is 6.75. The Morgan fingerprint density at radius 2 is 2.05 bits per heavy atom. The highest BCUT2D eigenvalue weighted by atomic mass is 35.5. The molecule has 0 amide bonds. The normalized spacial score (nSPS) is 16.2. The van der Waals surface area contributed by atoms with E-state index in [0.29, 0.717) is 10.4 Å². The third-order valence-corrected chi connectivity index (χ3v) is 5.16. The van der Waals surface area contributed by atoms with Crippen LogP contribution in [0, 0.1) is 0 Å². The highest BCUT2D eigenvalue weighted by Crippen LogP contribution is 2.29. The van der Waals surface area contributed by atoms with E-state index in [4.69, 9.17) is 16.3 Å². The summed E-state index contributed by atoms with van der Waals surface area (Å²) in [4.78, 5) is 14.6. The van der Waals surface area contributed by atoms with Gasteiger partial charge in [0.25, 0.3) is 0 Å². The van der Waals surface area contributed by atoms with Gasteiger partial charge in [-0.1, -0.05) is 23.7 Å². The summed E-state index contributed by atoms with van der Waals surface area (Å²) >= 11 is 7.72. The summed E-state index contributed by atoms with van der Waals surface area (Å²) in [5.74, 6) is 0. The van der Waals surface area contributed by atoms with Crippen molar-refractivity contribution in [1.29, 1.82) is 0 Å². The lowest BCUT2D eigenvalue weighted by Gasteiger charge is -2.26. The van der Waals surface area contributed by atoms with Gasteiger partial charge in [-0.2, -0.15) is 0 Å². The van der Waals surface area contributed by atoms with Crippen LogP contribution in [0.25, 0.3) is 10.1 Å². The van der Waals surface area contributed by atoms with Gasteiger partial charge in [0.05, 0.1) is 13.2 Å². The highest BCUT2D eigenvalue weighted by Gasteiger charge is 2.12. The van der Waals surface area contributed by atoms with Crippen LogP contribution in [0.1, 0.15) is 0 Å². The Morgan fingerprint density at radius 3 is 2.86 bits per heavy atom. The van der Waals surface area contributed by atoms with Crippen molar-refractivity contribution in [1.82, 2.24) is 4.90 Å². The van der Waals surface area contributed by atoms with Crippen LogP contribution in [0.15, 0.2) is 29.1 Å². The van der Waals surface area contributed by atoms with Gasteiger partial charge in [-0.25, -0.2) is 0 Å². The highest BCUT2D eigenvalue weighted by molar-refractivity contribution is 7.22. The fourth-order valence-corrected chi connectivity index (χ4v) is 3.66. The lowest BCUT2D eigenvalue weighted by atomic mass is 10.2. The van der Waals surface area contributed by atoms with Crippen molar-refractivity contribution in [2.45, 2.75) is 0 Å². The second-order valence-corrected chi connectivity index (χ2v) is 6.38. The van der Waals surface area contributed by atoms with Gasteiger partial charge >= 0.3 is 0 Å². The molecule has 0 aliphatic carbocycles. The number of halogens is 1. The minimum atomic E-state index is -0.0973. The minimum absolute atomic E-state index is 0.0973. The fourth-order valence-electron chi connectivity index (χ4n) is 2.39. The number of nitrogens with one attached hydrogen (secondary N) is 1. The molecule has 1 N–H and O–H groups in total. The van der Waals surface area contributed by atoms with E-state index in [-0.39, 0.29) is 5.43 Å². The quantitative estimate of drug-likeness (QED) is 0.939. The summed E-state index contributed by atoms with van der Waals surface area (Å²) in [7, 11) is 0. The molecule has 2 aromatic rings. The van der Waals surface area contributed by atoms with Crippen LogP contribution >= 0.6 is 22.9 Å². The minimum Gasteiger partial charge on any atom is -0.379 e. The Balaban J connectivity index is 1.71. The lowest BCUT2D eigenvalue weighted by Crippen LogP contribution is -2.39. The molecular formula is C15H17ClN2O2S. The number of nitrogens with zero attached hydrogens (tertiary/aromatic N) is 1. The number of morpholine rings is 1. The molecular weight excluding hydrogens is 308 g/mol. The molecule has 6 heteroatoms. The number of rotatable bonds is 4. The average Bonchev–Trinajstić information content (AvgIpc) is 2.53. The maximum atomic E-state index is 12.2. The average molecular weight is 325 g/mol. The van der Waals surface area contributed by atoms with E-state index in [1.807, 2.05) is 24.3 Å². The van der Waals surface area contributed by atoms with Crippen LogP contribution in [0.4, 0.5) is 5.00 Å². The predicted octanol–water partition coefficient (Wildman–Crippen LogP) is 2.66. The SMILES string of the molecule is O=c1c(Cl)c(NCCN2CCOCC2)sc2ccccc12. The van der Waals surface area contributed by atoms with Crippen LogP contribution in [-0.4, -0.2) is 44.3 Å². The van der Waals surface area contributed by atoms with E-state index in [2.05, 4.69) is 10.2 Å². The number of hydrogen-bond acceptors (Lipinski definition) is 5. The van der Waals surface area contributed by atoms with Crippen molar-refractivity contribution in [3.05, 3.63) is 39.5 Å². The number of ether oxygens (including phenoxy) is 1. The molecule has 1 aliphatic heterocycles. The molecule has 1 aromatic carbocycles. The van der Waals surface area contributed by atoms with Gasteiger partial charge in [0.2, 0.25) is 5.43 Å². The maximum Gasteiger partial charge on any atom is 0.208 e. The van der Waals surface area contributed by atoms with E-state index in [1.54, 1.807) is 0 Å². The van der Waals surface area contributed by atoms with E-state index >= 15 is 0 Å². The first-order valence-electron chi connectivity index (χ1n) is 7.01. The zero-order valence-corrected chi connectivity index (χ0v) is 13.2. The topological polar surface area (TPSA) is 41.6 Å². The van der Waals surface area contributed by atoms with E-state index in [1.165, 1.54) is 11.3 Å². The molecule has 0 saturated carbocycles. The van der Waals surface area contributed by atoms with Crippen molar-refractivity contribution >= 4 is 38.0 Å². The van der Waals surface area contributed by atoms with Crippen LogP contribution in [0.2, 0.25) is 5.02 Å². The van der Waals surface area contributed by atoms with Crippen LogP contribution in [0.3, 0.4) is 0 Å². The molecule has 21 heavy (non-hydrogen) atoms. The summed E-state index contributed by atoms with van der Waals surface area (Å²) in [5, 5.41) is 5.03. The first kappa shape index (κ1) is 14.8. The Morgan fingerprint density at radius 1 is 1.29 bits per heavy atom. The number of fused-ring (bicyclic) bond motifs is 1. The summed E-state index contributed by atoms with van der Waals surface area (Å²) in [6.45, 7) is 5.21. The largest absolute Gasteiger partial charge is 0.379 e. The van der Waals surface area contributed by atoms with Crippen LogP contribution in [0.5, 0.6) is 0 Å². The van der Waals surface area contributed by atoms with E-state index < -0.39 is 0 Å². The van der Waals surface area contributed by atoms with Gasteiger partial charge in [-0.3, -0.25) is 9.69 Å². The molecule has 4 nitrogen and oxygen atoms in total. The van der Waals surface area contributed by atoms with Crippen molar-refractivity contribution in [2.75, 3.05) is 44.7 Å². The third-order valence-electron chi connectivity index (χ3n) is 3.56. The standard InChI is InChI=1S/C15H17ClN2O2S/c16-13-14(19)11-3-1-2-4-12(11)21-15(13)17-5-6-18-7-9-20-10-8-18/h1-4,17H,5-10H2. The number of hydrogen-bond donors (Lipinski definition) is 1. The number of anilines is 1. The van der Waals surface area contributed by atoms with Crippen molar-refractivity contribution in [2.24, 2.45) is 0 Å². The van der Waals surface area contributed by atoms with Gasteiger partial charge in [0, 0.05) is 36.3 Å². The van der Waals surface area contributed by atoms with Gasteiger partial charge in [-0.05, 0) is 12.1 Å². The summed E-state index contributed by atoms with van der Waals surface area (Å²) in [5.41, 5.74) is -0.0973. The Kier molecular flexibility index (Phi) is 4.75. The van der Waals surface area contributed by atoms with Gasteiger partial charge in [0.1, 0.15) is 10.0 Å². The summed E-state index contributed by atoms with van der Waals surface area (Å²) < 4.78 is 6.28. The predicted molar refractivity (Wildman–Crippen MR) is 88.9 cm³/mol. The smallest absolute Gasteiger partial charge is 0.208 e. The molecule has 1 aromatic heterocycles. The zero-order chi connectivity index (χ0) is 14.7. The fraction of sp³-hybridized carbons (Fsp3) is 0.400. The Labute approximate surface area is 132 Å². The molecule has 2 heterocycles. The van der Waals surface area contributed by atoms with Gasteiger partial charge in [0.15, 0.2) is 0 Å². The van der Waals surface area contributed by atoms with Crippen LogP contribution < -0.4 is 10.7 Å². The molecule has 3 rings (SSSR count). The van der Waals surface area contributed by atoms with Crippen molar-refractivity contribution in [3.63, 3.8) is 0 Å². The van der Waals surface area contributed by atoms with Crippen molar-refractivity contribution in [3.8, 4) is 0 Å². The second-order valence-electron chi connectivity index (χ2n) is 4.95. The Hall–Kier alpha value is -1.14. The van der Waals surface area contributed by atoms with E-state index in [0.717, 1.165) is 49.1 Å². The van der Waals surface area contributed by atoms with Gasteiger partial charge in [-0.15, -0.1) is 11.3 Å². The first-order chi connectivity index (χ1) is 10.3. The molecule has 1 fully saturated rings. The molecule has 112 valence electrons. The molecule has 0 bridgehead atoms. The third kappa shape index (κ3) is 3.37. The summed E-state index contributed by atoms with van der Waals surface area (Å²) in [6.07, 6.45) is 0. The van der Waals surface area contributed by atoms with Crippen molar-refractivity contribution < 1.29 is 4.74 Å². The zero-order valence-electron chi connectivity index (χ0n) is 11.6. The van der Waals surface area contributed by atoms with Gasteiger partial charge < -0.3 is 10.1 Å². The molecule has 1 aliphatic rings. The molecule has 0 radical (unpaired) electrons. The summed E-state index contributed by atoms with van der Waals surface area (Å²) in [6, 6.07) is 7.56. The Bertz CT molecular complexity index is 683. The molecule has 0 spiro atoms. The maximum absolute atomic E-state index is 12.2. The molecule has 0 atom stereocenters. The monoisotopic (exact) mass is 324 g/mol. The molecule has 0 unspecified atom stereocenters. The number of benzene rings is 1. The first-order valence-corrected chi connectivity index (χ1v) is 8.20. The molecule has 1 saturated heterocycles.